The smallest absolute Gasteiger partial charge is 0.408 e. The lowest BCUT2D eigenvalue weighted by atomic mass is 9.77. The fourth-order valence-electron chi connectivity index (χ4n) is 4.53. The van der Waals surface area contributed by atoms with Crippen molar-refractivity contribution in [1.29, 1.82) is 0 Å². The molecule has 0 saturated heterocycles. The van der Waals surface area contributed by atoms with Crippen LogP contribution in [-0.4, -0.2) is 23.8 Å². The van der Waals surface area contributed by atoms with Crippen molar-refractivity contribution in [2.24, 2.45) is 0 Å². The molecule has 1 atom stereocenters. The number of fused-ring (bicyclic) bond motifs is 1. The highest BCUT2D eigenvalue weighted by molar-refractivity contribution is 5.68. The standard InChI is InChI=1S/C22H32F2N2O2/c1-21(2,3)28-20(27)26-22(11-5-4-6-12-22)13-9-18-15-7-8-17(23)19(24)16(15)10-14-25-18/h7-8,18,25H,4-6,9-14H2,1-3H3,(H,26,27). The van der Waals surface area contributed by atoms with Crippen LogP contribution in [0.5, 0.6) is 0 Å². The van der Waals surface area contributed by atoms with Crippen molar-refractivity contribution in [2.45, 2.75) is 89.3 Å². The first-order valence-corrected chi connectivity index (χ1v) is 10.4. The van der Waals surface area contributed by atoms with E-state index in [9.17, 15) is 13.6 Å². The maximum Gasteiger partial charge on any atom is 0.408 e. The molecule has 1 aromatic carbocycles. The van der Waals surface area contributed by atoms with Crippen molar-refractivity contribution in [3.8, 4) is 0 Å². The topological polar surface area (TPSA) is 50.4 Å². The predicted molar refractivity (Wildman–Crippen MR) is 105 cm³/mol. The summed E-state index contributed by atoms with van der Waals surface area (Å²) in [6, 6.07) is 2.88. The monoisotopic (exact) mass is 394 g/mol. The summed E-state index contributed by atoms with van der Waals surface area (Å²) in [4.78, 5) is 12.4. The van der Waals surface area contributed by atoms with Crippen molar-refractivity contribution in [3.63, 3.8) is 0 Å². The number of nitrogens with one attached hydrogen (secondary N) is 2. The Kier molecular flexibility index (Phi) is 6.28. The van der Waals surface area contributed by atoms with E-state index >= 15 is 0 Å². The molecule has 1 unspecified atom stereocenters. The van der Waals surface area contributed by atoms with E-state index in [4.69, 9.17) is 4.74 Å². The maximum atomic E-state index is 14.2. The van der Waals surface area contributed by atoms with Crippen LogP contribution in [0.3, 0.4) is 0 Å². The van der Waals surface area contributed by atoms with Gasteiger partial charge in [-0.05, 0) is 76.6 Å². The Balaban J connectivity index is 1.71. The lowest BCUT2D eigenvalue weighted by Crippen LogP contribution is -2.51. The van der Waals surface area contributed by atoms with E-state index in [0.717, 1.165) is 44.1 Å². The van der Waals surface area contributed by atoms with Crippen LogP contribution in [-0.2, 0) is 11.2 Å². The minimum Gasteiger partial charge on any atom is -0.444 e. The van der Waals surface area contributed by atoms with Crippen molar-refractivity contribution >= 4 is 6.09 Å². The fourth-order valence-corrected chi connectivity index (χ4v) is 4.53. The minimum atomic E-state index is -0.783. The summed E-state index contributed by atoms with van der Waals surface area (Å²) >= 11 is 0. The van der Waals surface area contributed by atoms with Gasteiger partial charge >= 0.3 is 6.09 Å². The number of hydrogen-bond acceptors (Lipinski definition) is 3. The van der Waals surface area contributed by atoms with Crippen LogP contribution in [0.25, 0.3) is 0 Å². The van der Waals surface area contributed by atoms with Gasteiger partial charge in [0, 0.05) is 11.6 Å². The first-order chi connectivity index (χ1) is 13.2. The van der Waals surface area contributed by atoms with Crippen LogP contribution in [0, 0.1) is 11.6 Å². The van der Waals surface area contributed by atoms with Gasteiger partial charge in [-0.25, -0.2) is 13.6 Å². The molecular weight excluding hydrogens is 362 g/mol. The van der Waals surface area contributed by atoms with Gasteiger partial charge in [0.1, 0.15) is 5.60 Å². The molecule has 0 bridgehead atoms. The number of halogens is 2. The summed E-state index contributed by atoms with van der Waals surface area (Å²) in [6.45, 7) is 6.20. The van der Waals surface area contributed by atoms with E-state index < -0.39 is 17.2 Å². The van der Waals surface area contributed by atoms with Crippen LogP contribution < -0.4 is 10.6 Å². The van der Waals surface area contributed by atoms with E-state index in [0.29, 0.717) is 18.5 Å². The van der Waals surface area contributed by atoms with Crippen molar-refractivity contribution in [3.05, 3.63) is 34.9 Å². The summed E-state index contributed by atoms with van der Waals surface area (Å²) in [7, 11) is 0. The number of carbonyl (C=O) groups is 1. The highest BCUT2D eigenvalue weighted by Gasteiger charge is 2.36. The first-order valence-electron chi connectivity index (χ1n) is 10.4. The van der Waals surface area contributed by atoms with Gasteiger partial charge in [-0.15, -0.1) is 0 Å². The molecule has 1 heterocycles. The Morgan fingerprint density at radius 3 is 2.64 bits per heavy atom. The van der Waals surface area contributed by atoms with Crippen LogP contribution in [0.4, 0.5) is 13.6 Å². The third kappa shape index (κ3) is 5.02. The highest BCUT2D eigenvalue weighted by Crippen LogP contribution is 2.36. The third-order valence-electron chi connectivity index (χ3n) is 5.86. The van der Waals surface area contributed by atoms with E-state index in [-0.39, 0.29) is 17.7 Å². The second kappa shape index (κ2) is 8.36. The lowest BCUT2D eigenvalue weighted by molar-refractivity contribution is 0.0410. The molecule has 1 fully saturated rings. The summed E-state index contributed by atoms with van der Waals surface area (Å²) in [5.41, 5.74) is 0.499. The van der Waals surface area contributed by atoms with Crippen molar-refractivity contribution in [1.82, 2.24) is 10.6 Å². The molecule has 3 rings (SSSR count). The fraction of sp³-hybridized carbons (Fsp3) is 0.682. The Hall–Kier alpha value is -1.69. The van der Waals surface area contributed by atoms with Gasteiger partial charge in [0.05, 0.1) is 0 Å². The van der Waals surface area contributed by atoms with Crippen LogP contribution in [0.15, 0.2) is 12.1 Å². The maximum absolute atomic E-state index is 14.2. The number of carbonyl (C=O) groups excluding carboxylic acids is 1. The molecule has 0 aromatic heterocycles. The van der Waals surface area contributed by atoms with Gasteiger partial charge in [-0.2, -0.15) is 0 Å². The Morgan fingerprint density at radius 1 is 1.25 bits per heavy atom. The van der Waals surface area contributed by atoms with Crippen molar-refractivity contribution in [2.75, 3.05) is 6.54 Å². The highest BCUT2D eigenvalue weighted by atomic mass is 19.2. The average Bonchev–Trinajstić information content (AvgIpc) is 2.62. The van der Waals surface area contributed by atoms with Gasteiger partial charge in [0.25, 0.3) is 0 Å². The Bertz CT molecular complexity index is 709. The number of hydrogen-bond donors (Lipinski definition) is 2. The number of rotatable bonds is 4. The quantitative estimate of drug-likeness (QED) is 0.742. The Labute approximate surface area is 166 Å². The average molecular weight is 395 g/mol. The molecule has 2 aliphatic rings. The number of alkyl carbamates (subject to hydrolysis) is 1. The molecular formula is C22H32F2N2O2. The first kappa shape index (κ1) is 21.0. The summed E-state index contributed by atoms with van der Waals surface area (Å²) < 4.78 is 33.3. The summed E-state index contributed by atoms with van der Waals surface area (Å²) in [6.07, 6.45) is 6.82. The molecule has 1 aromatic rings. The molecule has 1 aliphatic carbocycles. The lowest BCUT2D eigenvalue weighted by Gasteiger charge is -2.40. The Morgan fingerprint density at radius 2 is 1.96 bits per heavy atom. The predicted octanol–water partition coefficient (Wildman–Crippen LogP) is 5.16. The molecule has 1 aliphatic heterocycles. The zero-order valence-electron chi connectivity index (χ0n) is 17.2. The van der Waals surface area contributed by atoms with Gasteiger partial charge in [-0.3, -0.25) is 0 Å². The SMILES string of the molecule is CC(C)(C)OC(=O)NC1(CCC2NCCc3c2ccc(F)c3F)CCCCC1. The van der Waals surface area contributed by atoms with Gasteiger partial charge in [0.15, 0.2) is 11.6 Å². The van der Waals surface area contributed by atoms with Crippen LogP contribution >= 0.6 is 0 Å². The molecule has 156 valence electrons. The zero-order chi connectivity index (χ0) is 20.4. The third-order valence-corrected chi connectivity index (χ3v) is 5.86. The van der Waals surface area contributed by atoms with Crippen molar-refractivity contribution < 1.29 is 18.3 Å². The zero-order valence-corrected chi connectivity index (χ0v) is 17.2. The number of benzene rings is 1. The van der Waals surface area contributed by atoms with Crippen LogP contribution in [0.1, 0.15) is 82.9 Å². The molecule has 1 saturated carbocycles. The normalized spacial score (nSPS) is 21.7. The largest absolute Gasteiger partial charge is 0.444 e. The van der Waals surface area contributed by atoms with Crippen LogP contribution in [0.2, 0.25) is 0 Å². The van der Waals surface area contributed by atoms with E-state index in [2.05, 4.69) is 10.6 Å². The molecule has 0 radical (unpaired) electrons. The molecule has 6 heteroatoms. The molecule has 28 heavy (non-hydrogen) atoms. The van der Waals surface area contributed by atoms with E-state index in [1.54, 1.807) is 6.07 Å². The van der Waals surface area contributed by atoms with E-state index in [1.165, 1.54) is 12.5 Å². The second-order valence-corrected chi connectivity index (χ2v) is 9.19. The van der Waals surface area contributed by atoms with Gasteiger partial charge < -0.3 is 15.4 Å². The molecule has 2 N–H and O–H groups in total. The summed E-state index contributed by atoms with van der Waals surface area (Å²) in [5.74, 6) is -1.50. The number of ether oxygens (including phenoxy) is 1. The van der Waals surface area contributed by atoms with Gasteiger partial charge in [0.2, 0.25) is 0 Å². The molecule has 0 spiro atoms. The molecule has 4 nitrogen and oxygen atoms in total. The second-order valence-electron chi connectivity index (χ2n) is 9.19. The number of amides is 1. The molecule has 1 amide bonds. The summed E-state index contributed by atoms with van der Waals surface area (Å²) in [5, 5.41) is 6.59. The van der Waals surface area contributed by atoms with E-state index in [1.807, 2.05) is 20.8 Å². The minimum absolute atomic E-state index is 0.0295. The van der Waals surface area contributed by atoms with Gasteiger partial charge in [-0.1, -0.05) is 25.3 Å².